The van der Waals surface area contributed by atoms with Gasteiger partial charge in [-0.1, -0.05) is 36.4 Å². The number of anilines is 1. The molecule has 0 fully saturated rings. The molecule has 0 radical (unpaired) electrons. The highest BCUT2D eigenvalue weighted by Crippen LogP contribution is 2.29. The molecule has 0 spiro atoms. The van der Waals surface area contributed by atoms with E-state index in [-0.39, 0.29) is 5.95 Å². The third kappa shape index (κ3) is 1.93. The van der Waals surface area contributed by atoms with Crippen LogP contribution in [0.1, 0.15) is 0 Å². The van der Waals surface area contributed by atoms with E-state index in [0.29, 0.717) is 22.9 Å². The second-order valence-corrected chi connectivity index (χ2v) is 4.94. The highest BCUT2D eigenvalue weighted by atomic mass is 16.5. The quantitative estimate of drug-likeness (QED) is 0.592. The van der Waals surface area contributed by atoms with Crippen LogP contribution in [0.15, 0.2) is 42.5 Å². The Bertz CT molecular complexity index is 992. The van der Waals surface area contributed by atoms with E-state index in [2.05, 4.69) is 44.2 Å². The van der Waals surface area contributed by atoms with E-state index >= 15 is 0 Å². The largest absolute Gasteiger partial charge is 0.468 e. The van der Waals surface area contributed by atoms with Crippen molar-refractivity contribution in [1.82, 2.24) is 19.9 Å². The number of fused-ring (bicyclic) bond motifs is 2. The fourth-order valence-corrected chi connectivity index (χ4v) is 2.54. The van der Waals surface area contributed by atoms with Gasteiger partial charge < -0.3 is 15.5 Å². The lowest BCUT2D eigenvalue weighted by atomic mass is 10.0. The number of rotatable bonds is 2. The van der Waals surface area contributed by atoms with Crippen LogP contribution in [-0.2, 0) is 0 Å². The zero-order chi connectivity index (χ0) is 15.1. The zero-order valence-corrected chi connectivity index (χ0v) is 11.9. The molecule has 0 aliphatic carbocycles. The molecule has 2 heterocycles. The number of aromatic nitrogens is 4. The summed E-state index contributed by atoms with van der Waals surface area (Å²) in [6.45, 7) is 0. The molecule has 0 aliphatic heterocycles. The lowest BCUT2D eigenvalue weighted by Gasteiger charge is -2.05. The maximum absolute atomic E-state index is 5.81. The van der Waals surface area contributed by atoms with Crippen molar-refractivity contribution in [2.24, 2.45) is 0 Å². The van der Waals surface area contributed by atoms with Crippen LogP contribution in [0.3, 0.4) is 0 Å². The number of methoxy groups -OCH3 is 1. The molecule has 3 N–H and O–H groups in total. The Morgan fingerprint density at radius 3 is 2.64 bits per heavy atom. The molecule has 0 aliphatic rings. The number of benzene rings is 2. The minimum absolute atomic E-state index is 0.185. The van der Waals surface area contributed by atoms with Crippen LogP contribution in [0, 0.1) is 0 Å². The molecule has 4 rings (SSSR count). The number of nitrogens with one attached hydrogen (secondary N) is 1. The first-order chi connectivity index (χ1) is 10.7. The minimum Gasteiger partial charge on any atom is -0.468 e. The van der Waals surface area contributed by atoms with Gasteiger partial charge in [-0.05, 0) is 16.8 Å². The van der Waals surface area contributed by atoms with E-state index in [4.69, 9.17) is 10.5 Å². The maximum Gasteiger partial charge on any atom is 0.295 e. The summed E-state index contributed by atoms with van der Waals surface area (Å²) in [7, 11) is 1.55. The molecule has 6 heteroatoms. The van der Waals surface area contributed by atoms with Crippen molar-refractivity contribution in [3.63, 3.8) is 0 Å². The van der Waals surface area contributed by atoms with Crippen LogP contribution in [-0.4, -0.2) is 27.0 Å². The van der Waals surface area contributed by atoms with E-state index in [1.54, 1.807) is 7.11 Å². The van der Waals surface area contributed by atoms with Crippen molar-refractivity contribution in [2.75, 3.05) is 12.8 Å². The molecule has 0 unspecified atom stereocenters. The van der Waals surface area contributed by atoms with Gasteiger partial charge in [-0.3, -0.25) is 0 Å². The van der Waals surface area contributed by atoms with Crippen LogP contribution in [0.4, 0.5) is 5.95 Å². The predicted octanol–water partition coefficient (Wildman–Crippen LogP) is 2.76. The number of ether oxygens (including phenoxy) is 1. The number of nitrogens with zero attached hydrogens (tertiary/aromatic N) is 3. The number of H-pyrrole nitrogens is 1. The average Bonchev–Trinajstić information content (AvgIpc) is 2.96. The third-order valence-corrected chi connectivity index (χ3v) is 3.56. The molecule has 108 valence electrons. The van der Waals surface area contributed by atoms with E-state index in [1.165, 1.54) is 5.39 Å². The molecule has 2 aromatic heterocycles. The van der Waals surface area contributed by atoms with Crippen LogP contribution >= 0.6 is 0 Å². The summed E-state index contributed by atoms with van der Waals surface area (Å²) in [6.07, 6.45) is 0. The Morgan fingerprint density at radius 1 is 1.00 bits per heavy atom. The summed E-state index contributed by atoms with van der Waals surface area (Å²) in [5.41, 5.74) is 8.67. The molecule has 0 atom stereocenters. The van der Waals surface area contributed by atoms with Gasteiger partial charge in [0, 0.05) is 5.56 Å². The minimum atomic E-state index is 0.185. The monoisotopic (exact) mass is 291 g/mol. The van der Waals surface area contributed by atoms with Gasteiger partial charge in [-0.25, -0.2) is 4.98 Å². The Labute approximate surface area is 126 Å². The van der Waals surface area contributed by atoms with Gasteiger partial charge in [-0.15, -0.1) is 0 Å². The van der Waals surface area contributed by atoms with Crippen LogP contribution in [0.2, 0.25) is 0 Å². The Morgan fingerprint density at radius 2 is 1.82 bits per heavy atom. The summed E-state index contributed by atoms with van der Waals surface area (Å²) in [4.78, 5) is 15.8. The van der Waals surface area contributed by atoms with Crippen molar-refractivity contribution in [3.8, 4) is 17.3 Å². The first-order valence-corrected chi connectivity index (χ1v) is 6.81. The topological polar surface area (TPSA) is 89.7 Å². The van der Waals surface area contributed by atoms with Crippen LogP contribution in [0.5, 0.6) is 6.01 Å². The van der Waals surface area contributed by atoms with E-state index in [9.17, 15) is 0 Å². The molecule has 0 amide bonds. The normalized spacial score (nSPS) is 11.1. The number of hydrogen-bond acceptors (Lipinski definition) is 5. The van der Waals surface area contributed by atoms with E-state index in [0.717, 1.165) is 10.9 Å². The van der Waals surface area contributed by atoms with Gasteiger partial charge in [0.2, 0.25) is 5.95 Å². The number of nitrogen functional groups attached to an aromatic ring is 1. The number of imidazole rings is 1. The van der Waals surface area contributed by atoms with Gasteiger partial charge >= 0.3 is 0 Å². The maximum atomic E-state index is 5.81. The van der Waals surface area contributed by atoms with Gasteiger partial charge in [0.15, 0.2) is 5.65 Å². The second kappa shape index (κ2) is 4.70. The Hall–Kier alpha value is -3.15. The van der Waals surface area contributed by atoms with Gasteiger partial charge in [-0.2, -0.15) is 9.97 Å². The van der Waals surface area contributed by atoms with E-state index in [1.807, 2.05) is 18.2 Å². The first-order valence-electron chi connectivity index (χ1n) is 6.81. The highest BCUT2D eigenvalue weighted by molar-refractivity contribution is 5.93. The molecular weight excluding hydrogens is 278 g/mol. The lowest BCUT2D eigenvalue weighted by molar-refractivity contribution is 0.386. The average molecular weight is 291 g/mol. The number of aromatic amines is 1. The van der Waals surface area contributed by atoms with Crippen molar-refractivity contribution in [2.45, 2.75) is 0 Å². The molecule has 6 nitrogen and oxygen atoms in total. The molecule has 4 aromatic rings. The Balaban J connectivity index is 2.00. The van der Waals surface area contributed by atoms with E-state index < -0.39 is 0 Å². The summed E-state index contributed by atoms with van der Waals surface area (Å²) in [5.74, 6) is 0.185. The molecule has 0 saturated heterocycles. The van der Waals surface area contributed by atoms with Gasteiger partial charge in [0.25, 0.3) is 6.01 Å². The van der Waals surface area contributed by atoms with Crippen molar-refractivity contribution < 1.29 is 4.74 Å². The zero-order valence-electron chi connectivity index (χ0n) is 11.9. The number of nitrogens with two attached hydrogens (primary N) is 1. The van der Waals surface area contributed by atoms with Crippen molar-refractivity contribution in [3.05, 3.63) is 42.5 Å². The van der Waals surface area contributed by atoms with Crippen LogP contribution in [0.25, 0.3) is 33.2 Å². The highest BCUT2D eigenvalue weighted by Gasteiger charge is 2.14. The fraction of sp³-hybridized carbons (Fsp3) is 0.0625. The third-order valence-electron chi connectivity index (χ3n) is 3.56. The summed E-state index contributed by atoms with van der Waals surface area (Å²) >= 11 is 0. The Kier molecular flexibility index (Phi) is 2.69. The SMILES string of the molecule is COc1nc2nc(N)nc(-c3ccc4ccccc4c3)c2[nH]1. The summed E-state index contributed by atoms with van der Waals surface area (Å²) in [5, 5.41) is 2.31. The van der Waals surface area contributed by atoms with Gasteiger partial charge in [0.05, 0.1) is 7.11 Å². The van der Waals surface area contributed by atoms with Crippen LogP contribution < -0.4 is 10.5 Å². The van der Waals surface area contributed by atoms with Crippen molar-refractivity contribution >= 4 is 27.9 Å². The molecular formula is C16H13N5O. The van der Waals surface area contributed by atoms with Gasteiger partial charge in [0.1, 0.15) is 11.2 Å². The predicted molar refractivity (Wildman–Crippen MR) is 85.6 cm³/mol. The standard InChI is InChI=1S/C16H13N5O/c1-22-16-19-13-12(18-15(17)20-14(13)21-16)11-7-6-9-4-2-3-5-10(9)8-11/h2-8H,1H3,(H3,17,18,19,20,21). The molecule has 22 heavy (non-hydrogen) atoms. The fourth-order valence-electron chi connectivity index (χ4n) is 2.54. The van der Waals surface area contributed by atoms with Crippen molar-refractivity contribution in [1.29, 1.82) is 0 Å². The number of hydrogen-bond donors (Lipinski definition) is 2. The summed E-state index contributed by atoms with van der Waals surface area (Å²) < 4.78 is 5.12. The molecule has 0 saturated carbocycles. The lowest BCUT2D eigenvalue weighted by Crippen LogP contribution is -1.97. The second-order valence-electron chi connectivity index (χ2n) is 4.94. The summed E-state index contributed by atoms with van der Waals surface area (Å²) in [6, 6.07) is 14.7. The first kappa shape index (κ1) is 12.6. The molecule has 2 aromatic carbocycles. The molecule has 0 bridgehead atoms. The smallest absolute Gasteiger partial charge is 0.295 e.